The lowest BCUT2D eigenvalue weighted by atomic mass is 9.85. The van der Waals surface area contributed by atoms with Gasteiger partial charge in [-0.2, -0.15) is 0 Å². The van der Waals surface area contributed by atoms with E-state index in [0.29, 0.717) is 35.3 Å². The lowest BCUT2D eigenvalue weighted by Crippen LogP contribution is -2.50. The van der Waals surface area contributed by atoms with Gasteiger partial charge < -0.3 is 5.32 Å². The number of sulfone groups is 1. The summed E-state index contributed by atoms with van der Waals surface area (Å²) in [5.41, 5.74) is 0.652. The number of anilines is 2. The minimum atomic E-state index is -3.04. The van der Waals surface area contributed by atoms with Crippen molar-refractivity contribution in [2.45, 2.75) is 44.6 Å². The average Bonchev–Trinajstić information content (AvgIpc) is 2.90. The molecule has 0 aromatic heterocycles. The third-order valence-electron chi connectivity index (χ3n) is 6.32. The molecule has 2 aliphatic rings. The van der Waals surface area contributed by atoms with Gasteiger partial charge in [0.25, 0.3) is 5.91 Å². The molecule has 4 rings (SSSR count). The molecule has 8 heteroatoms. The zero-order valence-electron chi connectivity index (χ0n) is 17.7. The van der Waals surface area contributed by atoms with Gasteiger partial charge in [0.15, 0.2) is 0 Å². The summed E-state index contributed by atoms with van der Waals surface area (Å²) in [4.78, 5) is 27.6. The summed E-state index contributed by atoms with van der Waals surface area (Å²) in [5, 5.41) is 2.98. The van der Waals surface area contributed by atoms with E-state index < -0.39 is 26.6 Å². The molecule has 0 saturated carbocycles. The predicted molar refractivity (Wildman–Crippen MR) is 117 cm³/mol. The van der Waals surface area contributed by atoms with Crippen molar-refractivity contribution in [1.29, 1.82) is 0 Å². The van der Waals surface area contributed by atoms with Crippen LogP contribution in [0.1, 0.15) is 49.5 Å². The Kier molecular flexibility index (Phi) is 4.96. The number of nitrogens with one attached hydrogen (secondary N) is 1. The number of hydrogen-bond acceptors (Lipinski definition) is 4. The number of hydrogen-bond donors (Lipinski definition) is 1. The van der Waals surface area contributed by atoms with Crippen molar-refractivity contribution in [3.05, 3.63) is 59.4 Å². The van der Waals surface area contributed by atoms with Gasteiger partial charge in [0.1, 0.15) is 15.7 Å². The van der Waals surface area contributed by atoms with Crippen molar-refractivity contribution in [2.75, 3.05) is 16.4 Å². The zero-order chi connectivity index (χ0) is 22.6. The Labute approximate surface area is 181 Å². The molecule has 2 aliphatic heterocycles. The van der Waals surface area contributed by atoms with Gasteiger partial charge in [-0.15, -0.1) is 0 Å². The van der Waals surface area contributed by atoms with Crippen molar-refractivity contribution in [3.63, 3.8) is 0 Å². The first-order chi connectivity index (χ1) is 14.4. The Hall–Kier alpha value is -2.74. The molecule has 2 heterocycles. The van der Waals surface area contributed by atoms with Gasteiger partial charge in [-0.05, 0) is 75.6 Å². The van der Waals surface area contributed by atoms with Crippen LogP contribution in [-0.4, -0.2) is 37.3 Å². The van der Waals surface area contributed by atoms with E-state index in [2.05, 4.69) is 5.32 Å². The highest BCUT2D eigenvalue weighted by Gasteiger charge is 2.45. The summed E-state index contributed by atoms with van der Waals surface area (Å²) in [5.74, 6) is -0.835. The number of benzene rings is 2. The Balaban J connectivity index is 1.64. The van der Waals surface area contributed by atoms with Gasteiger partial charge in [-0.25, -0.2) is 12.8 Å². The van der Waals surface area contributed by atoms with Crippen molar-refractivity contribution >= 4 is 33.0 Å². The molecule has 2 aromatic carbocycles. The first-order valence-corrected chi connectivity index (χ1v) is 12.0. The molecule has 2 aromatic rings. The zero-order valence-corrected chi connectivity index (χ0v) is 18.6. The summed E-state index contributed by atoms with van der Waals surface area (Å²) in [6.07, 6.45) is 0.729. The van der Waals surface area contributed by atoms with Gasteiger partial charge in [0, 0.05) is 11.1 Å². The monoisotopic (exact) mass is 444 g/mol. The molecular weight excluding hydrogens is 419 g/mol. The molecule has 0 spiro atoms. The van der Waals surface area contributed by atoms with Crippen LogP contribution in [0.25, 0.3) is 0 Å². The quantitative estimate of drug-likeness (QED) is 0.786. The molecule has 1 saturated heterocycles. The molecule has 2 amide bonds. The average molecular weight is 445 g/mol. The van der Waals surface area contributed by atoms with Crippen LogP contribution in [0.5, 0.6) is 0 Å². The minimum Gasteiger partial charge on any atom is -0.347 e. The first kappa shape index (κ1) is 21.5. The fraction of sp³-hybridized carbons (Fsp3) is 0.391. The van der Waals surface area contributed by atoms with E-state index in [1.54, 1.807) is 44.2 Å². The predicted octanol–water partition coefficient (Wildman–Crippen LogP) is 3.48. The third kappa shape index (κ3) is 3.84. The van der Waals surface area contributed by atoms with Crippen molar-refractivity contribution in [2.24, 2.45) is 0 Å². The number of amides is 2. The van der Waals surface area contributed by atoms with Crippen LogP contribution < -0.4 is 10.2 Å². The van der Waals surface area contributed by atoms with Crippen molar-refractivity contribution in [1.82, 2.24) is 5.32 Å². The smallest absolute Gasteiger partial charge is 0.251 e. The highest BCUT2D eigenvalue weighted by molar-refractivity contribution is 7.91. The summed E-state index contributed by atoms with van der Waals surface area (Å²) < 4.78 is 37.2. The van der Waals surface area contributed by atoms with Crippen LogP contribution in [0, 0.1) is 5.82 Å². The van der Waals surface area contributed by atoms with E-state index in [1.165, 1.54) is 17.0 Å². The number of rotatable bonds is 3. The van der Waals surface area contributed by atoms with Crippen LogP contribution in [0.2, 0.25) is 0 Å². The molecule has 0 unspecified atom stereocenters. The normalized spacial score (nSPS) is 20.9. The number of halogens is 1. The van der Waals surface area contributed by atoms with Gasteiger partial charge in [-0.3, -0.25) is 14.5 Å². The highest BCUT2D eigenvalue weighted by atomic mass is 32.2. The maximum atomic E-state index is 13.8. The van der Waals surface area contributed by atoms with Crippen LogP contribution in [-0.2, 0) is 20.0 Å². The second kappa shape index (κ2) is 7.15. The van der Waals surface area contributed by atoms with Crippen LogP contribution in [0.3, 0.4) is 0 Å². The van der Waals surface area contributed by atoms with Crippen LogP contribution in [0.15, 0.2) is 42.5 Å². The maximum Gasteiger partial charge on any atom is 0.251 e. The van der Waals surface area contributed by atoms with E-state index in [1.807, 2.05) is 6.92 Å². The minimum absolute atomic E-state index is 0.0537. The molecule has 1 fully saturated rings. The number of carbonyl (C=O) groups excluding carboxylic acids is 2. The topological polar surface area (TPSA) is 83.6 Å². The fourth-order valence-electron chi connectivity index (χ4n) is 4.21. The summed E-state index contributed by atoms with van der Waals surface area (Å²) in [6, 6.07) is 10.9. The number of carbonyl (C=O) groups is 2. The van der Waals surface area contributed by atoms with E-state index in [0.717, 1.165) is 0 Å². The van der Waals surface area contributed by atoms with E-state index in [4.69, 9.17) is 0 Å². The molecule has 0 bridgehead atoms. The maximum absolute atomic E-state index is 13.8. The molecule has 0 radical (unpaired) electrons. The Bertz CT molecular complexity index is 1180. The molecule has 0 atom stereocenters. The van der Waals surface area contributed by atoms with E-state index in [-0.39, 0.29) is 23.3 Å². The second-order valence-corrected chi connectivity index (χ2v) is 11.4. The molecule has 31 heavy (non-hydrogen) atoms. The van der Waals surface area contributed by atoms with Gasteiger partial charge >= 0.3 is 0 Å². The fourth-order valence-corrected chi connectivity index (χ4v) is 5.94. The first-order valence-electron chi connectivity index (χ1n) is 10.2. The Morgan fingerprint density at radius 3 is 2.39 bits per heavy atom. The molecule has 0 aliphatic carbocycles. The SMILES string of the molecule is CC1(NC(=O)c2ccc3c(c2)C(C)(C)C(=O)N3c2cccc(F)c2)CCS(=O)(=O)CC1. The summed E-state index contributed by atoms with van der Waals surface area (Å²) >= 11 is 0. The van der Waals surface area contributed by atoms with E-state index in [9.17, 15) is 22.4 Å². The standard InChI is InChI=1S/C23H25FN2O4S/c1-22(2)18-13-15(20(27)25-23(3)9-11-31(29,30)12-10-23)7-8-19(18)26(21(22)28)17-6-4-5-16(24)14-17/h4-8,13-14H,9-12H2,1-3H3,(H,25,27). The van der Waals surface area contributed by atoms with Gasteiger partial charge in [0.2, 0.25) is 5.91 Å². The lowest BCUT2D eigenvalue weighted by Gasteiger charge is -2.34. The van der Waals surface area contributed by atoms with Crippen molar-refractivity contribution in [3.8, 4) is 0 Å². The van der Waals surface area contributed by atoms with Crippen LogP contribution >= 0.6 is 0 Å². The molecule has 1 N–H and O–H groups in total. The molecular formula is C23H25FN2O4S. The van der Waals surface area contributed by atoms with E-state index >= 15 is 0 Å². The largest absolute Gasteiger partial charge is 0.347 e. The highest BCUT2D eigenvalue weighted by Crippen LogP contribution is 2.45. The van der Waals surface area contributed by atoms with Crippen LogP contribution in [0.4, 0.5) is 15.8 Å². The molecule has 164 valence electrons. The third-order valence-corrected chi connectivity index (χ3v) is 7.97. The number of fused-ring (bicyclic) bond motifs is 1. The Morgan fingerprint density at radius 1 is 1.06 bits per heavy atom. The van der Waals surface area contributed by atoms with Gasteiger partial charge in [-0.1, -0.05) is 6.07 Å². The summed E-state index contributed by atoms with van der Waals surface area (Å²) in [6.45, 7) is 5.41. The van der Waals surface area contributed by atoms with Crippen molar-refractivity contribution < 1.29 is 22.4 Å². The Morgan fingerprint density at radius 2 is 1.74 bits per heavy atom. The molecule has 6 nitrogen and oxygen atoms in total. The number of nitrogens with zero attached hydrogens (tertiary/aromatic N) is 1. The summed E-state index contributed by atoms with van der Waals surface area (Å²) in [7, 11) is -3.04. The second-order valence-electron chi connectivity index (χ2n) is 9.14. The van der Waals surface area contributed by atoms with Gasteiger partial charge in [0.05, 0.1) is 28.3 Å². The lowest BCUT2D eigenvalue weighted by molar-refractivity contribution is -0.121.